The van der Waals surface area contributed by atoms with Crippen LogP contribution >= 0.6 is 15.9 Å². The van der Waals surface area contributed by atoms with E-state index in [0.717, 1.165) is 4.47 Å². The number of rotatable bonds is 7. The van der Waals surface area contributed by atoms with Gasteiger partial charge in [0.1, 0.15) is 5.69 Å². The van der Waals surface area contributed by atoms with Gasteiger partial charge in [-0.2, -0.15) is 0 Å². The fourth-order valence-corrected chi connectivity index (χ4v) is 2.19. The maximum absolute atomic E-state index is 11.4. The van der Waals surface area contributed by atoms with Gasteiger partial charge in [-0.05, 0) is 24.6 Å². The number of carboxylic acids is 1. The molecule has 1 aromatic carbocycles. The predicted octanol–water partition coefficient (Wildman–Crippen LogP) is 1.66. The lowest BCUT2D eigenvalue weighted by molar-refractivity contribution is -0.138. The van der Waals surface area contributed by atoms with Crippen LogP contribution in [0.5, 0.6) is 0 Å². The zero-order valence-corrected chi connectivity index (χ0v) is 12.7. The van der Waals surface area contributed by atoms with Crippen LogP contribution < -0.4 is 5.32 Å². The SMILES string of the molecule is O=C(O)C(Nc1cccc(Br)c1)c1cn(CCCO)nn1. The Hall–Kier alpha value is -1.93. The van der Waals surface area contributed by atoms with Crippen molar-refractivity contribution in [1.29, 1.82) is 0 Å². The first kappa shape index (κ1) is 15.5. The van der Waals surface area contributed by atoms with Crippen molar-refractivity contribution in [2.45, 2.75) is 19.0 Å². The number of hydrogen-bond acceptors (Lipinski definition) is 5. The Morgan fingerprint density at radius 3 is 2.95 bits per heavy atom. The topological polar surface area (TPSA) is 100 Å². The fraction of sp³-hybridized carbons (Fsp3) is 0.308. The van der Waals surface area contributed by atoms with Crippen LogP contribution in [0.1, 0.15) is 18.2 Å². The standard InChI is InChI=1S/C13H15BrN4O3/c14-9-3-1-4-10(7-9)15-12(13(20)21)11-8-18(17-16-11)5-2-6-19/h1,3-4,7-8,12,15,19H,2,5-6H2,(H,20,21). The molecule has 0 aliphatic carbocycles. The summed E-state index contributed by atoms with van der Waals surface area (Å²) in [5.74, 6) is -1.04. The average Bonchev–Trinajstić information content (AvgIpc) is 2.91. The van der Waals surface area contributed by atoms with E-state index >= 15 is 0 Å². The van der Waals surface area contributed by atoms with Crippen molar-refractivity contribution in [1.82, 2.24) is 15.0 Å². The summed E-state index contributed by atoms with van der Waals surface area (Å²) in [4.78, 5) is 11.4. The van der Waals surface area contributed by atoms with Gasteiger partial charge in [0.15, 0.2) is 6.04 Å². The molecule has 0 saturated carbocycles. The van der Waals surface area contributed by atoms with Gasteiger partial charge in [-0.3, -0.25) is 4.68 Å². The van der Waals surface area contributed by atoms with Crippen LogP contribution in [0.15, 0.2) is 34.9 Å². The van der Waals surface area contributed by atoms with Crippen molar-refractivity contribution in [2.75, 3.05) is 11.9 Å². The number of aliphatic hydroxyl groups is 1. The van der Waals surface area contributed by atoms with E-state index < -0.39 is 12.0 Å². The fourth-order valence-electron chi connectivity index (χ4n) is 1.79. The number of aryl methyl sites for hydroxylation is 1. The molecule has 7 nitrogen and oxygen atoms in total. The lowest BCUT2D eigenvalue weighted by Crippen LogP contribution is -2.21. The van der Waals surface area contributed by atoms with Crippen molar-refractivity contribution >= 4 is 27.6 Å². The third-order valence-corrected chi connectivity index (χ3v) is 3.27. The van der Waals surface area contributed by atoms with Gasteiger partial charge in [0.25, 0.3) is 0 Å². The number of halogens is 1. The van der Waals surface area contributed by atoms with E-state index in [1.807, 2.05) is 12.1 Å². The lowest BCUT2D eigenvalue weighted by atomic mass is 10.2. The second-order valence-corrected chi connectivity index (χ2v) is 5.33. The molecule has 2 rings (SSSR count). The smallest absolute Gasteiger partial charge is 0.332 e. The number of anilines is 1. The summed E-state index contributed by atoms with van der Waals surface area (Å²) in [6, 6.07) is 6.24. The lowest BCUT2D eigenvalue weighted by Gasteiger charge is -2.13. The van der Waals surface area contributed by atoms with E-state index in [2.05, 4.69) is 31.6 Å². The third-order valence-electron chi connectivity index (χ3n) is 2.78. The third kappa shape index (κ3) is 4.27. The highest BCUT2D eigenvalue weighted by molar-refractivity contribution is 9.10. The number of aromatic nitrogens is 3. The van der Waals surface area contributed by atoms with Gasteiger partial charge in [0, 0.05) is 23.3 Å². The van der Waals surface area contributed by atoms with Crippen molar-refractivity contribution in [3.8, 4) is 0 Å². The van der Waals surface area contributed by atoms with E-state index in [4.69, 9.17) is 5.11 Å². The van der Waals surface area contributed by atoms with Crippen LogP contribution in [-0.4, -0.2) is 37.8 Å². The molecule has 2 aromatic rings. The number of nitrogens with one attached hydrogen (secondary N) is 1. The highest BCUT2D eigenvalue weighted by atomic mass is 79.9. The average molecular weight is 355 g/mol. The normalized spacial score (nSPS) is 12.1. The number of hydrogen-bond donors (Lipinski definition) is 3. The zero-order valence-electron chi connectivity index (χ0n) is 11.1. The summed E-state index contributed by atoms with van der Waals surface area (Å²) in [6.07, 6.45) is 2.11. The van der Waals surface area contributed by atoms with Crippen LogP contribution in [0.4, 0.5) is 5.69 Å². The molecule has 1 heterocycles. The molecule has 1 atom stereocenters. The molecule has 112 valence electrons. The number of carboxylic acid groups (broad SMARTS) is 1. The molecule has 0 aliphatic rings. The predicted molar refractivity (Wildman–Crippen MR) is 79.9 cm³/mol. The first-order valence-corrected chi connectivity index (χ1v) is 7.15. The number of carbonyl (C=O) groups is 1. The van der Waals surface area contributed by atoms with Gasteiger partial charge >= 0.3 is 5.97 Å². The maximum atomic E-state index is 11.4. The molecule has 0 saturated heterocycles. The monoisotopic (exact) mass is 354 g/mol. The quantitative estimate of drug-likeness (QED) is 0.699. The molecule has 0 amide bonds. The molecule has 21 heavy (non-hydrogen) atoms. The Kier molecular flexibility index (Phi) is 5.29. The Bertz CT molecular complexity index is 617. The number of nitrogens with zero attached hydrogens (tertiary/aromatic N) is 3. The van der Waals surface area contributed by atoms with Crippen molar-refractivity contribution in [3.63, 3.8) is 0 Å². The van der Waals surface area contributed by atoms with E-state index in [0.29, 0.717) is 24.3 Å². The molecular formula is C13H15BrN4O3. The van der Waals surface area contributed by atoms with Gasteiger partial charge in [-0.25, -0.2) is 4.79 Å². The molecule has 8 heteroatoms. The highest BCUT2D eigenvalue weighted by Gasteiger charge is 2.23. The zero-order chi connectivity index (χ0) is 15.2. The van der Waals surface area contributed by atoms with Gasteiger partial charge in [-0.15, -0.1) is 5.10 Å². The number of aliphatic carboxylic acids is 1. The van der Waals surface area contributed by atoms with E-state index in [9.17, 15) is 9.90 Å². The molecule has 0 aliphatic heterocycles. The second kappa shape index (κ2) is 7.19. The van der Waals surface area contributed by atoms with Crippen molar-refractivity contribution < 1.29 is 15.0 Å². The molecule has 0 radical (unpaired) electrons. The first-order chi connectivity index (χ1) is 10.1. The molecule has 1 unspecified atom stereocenters. The Balaban J connectivity index is 2.15. The summed E-state index contributed by atoms with van der Waals surface area (Å²) in [6.45, 7) is 0.542. The van der Waals surface area contributed by atoms with Gasteiger partial charge in [0.05, 0.1) is 6.20 Å². The maximum Gasteiger partial charge on any atom is 0.332 e. The molecule has 3 N–H and O–H groups in total. The highest BCUT2D eigenvalue weighted by Crippen LogP contribution is 2.21. The summed E-state index contributed by atoms with van der Waals surface area (Å²) in [5, 5.41) is 28.8. The van der Waals surface area contributed by atoms with E-state index in [1.165, 1.54) is 4.68 Å². The van der Waals surface area contributed by atoms with Crippen molar-refractivity contribution in [2.24, 2.45) is 0 Å². The van der Waals surface area contributed by atoms with Crippen molar-refractivity contribution in [3.05, 3.63) is 40.6 Å². The minimum atomic E-state index is -1.04. The van der Waals surface area contributed by atoms with E-state index in [1.54, 1.807) is 18.3 Å². The van der Waals surface area contributed by atoms with Gasteiger partial charge < -0.3 is 15.5 Å². The summed E-state index contributed by atoms with van der Waals surface area (Å²) in [7, 11) is 0. The first-order valence-electron chi connectivity index (χ1n) is 6.36. The van der Waals surface area contributed by atoms with Crippen LogP contribution in [-0.2, 0) is 11.3 Å². The molecule has 0 fully saturated rings. The Labute approximate surface area is 129 Å². The van der Waals surface area contributed by atoms with Crippen LogP contribution in [0.3, 0.4) is 0 Å². The summed E-state index contributed by atoms with van der Waals surface area (Å²) >= 11 is 3.33. The van der Waals surface area contributed by atoms with Gasteiger partial charge in [0.2, 0.25) is 0 Å². The van der Waals surface area contributed by atoms with E-state index in [-0.39, 0.29) is 6.61 Å². The Morgan fingerprint density at radius 1 is 1.48 bits per heavy atom. The van der Waals surface area contributed by atoms with Gasteiger partial charge in [-0.1, -0.05) is 27.2 Å². The van der Waals surface area contributed by atoms with Crippen LogP contribution in [0.25, 0.3) is 0 Å². The number of aliphatic hydroxyl groups excluding tert-OH is 1. The Morgan fingerprint density at radius 2 is 2.29 bits per heavy atom. The molecule has 1 aromatic heterocycles. The van der Waals surface area contributed by atoms with Crippen LogP contribution in [0, 0.1) is 0 Å². The minimum Gasteiger partial charge on any atom is -0.479 e. The second-order valence-electron chi connectivity index (χ2n) is 4.41. The largest absolute Gasteiger partial charge is 0.479 e. The molecular weight excluding hydrogens is 340 g/mol. The summed E-state index contributed by atoms with van der Waals surface area (Å²) < 4.78 is 2.37. The molecule has 0 bridgehead atoms. The molecule has 0 spiro atoms. The minimum absolute atomic E-state index is 0.0494. The summed E-state index contributed by atoms with van der Waals surface area (Å²) in [5.41, 5.74) is 0.988. The number of benzene rings is 1. The van der Waals surface area contributed by atoms with Crippen LogP contribution in [0.2, 0.25) is 0 Å².